The molecule has 2 heterocycles. The average Bonchev–Trinajstić information content (AvgIpc) is 2.71. The van der Waals surface area contributed by atoms with E-state index < -0.39 is 0 Å². The van der Waals surface area contributed by atoms with Crippen LogP contribution in [0.1, 0.15) is 11.7 Å². The number of furan rings is 1. The van der Waals surface area contributed by atoms with Gasteiger partial charge in [0.2, 0.25) is 5.89 Å². The summed E-state index contributed by atoms with van der Waals surface area (Å²) < 4.78 is 10.5. The van der Waals surface area contributed by atoms with Gasteiger partial charge in [0, 0.05) is 0 Å². The normalized spacial score (nSPS) is 10.6. The number of hydrogen-bond acceptors (Lipinski definition) is 3. The molecule has 2 aromatic heterocycles. The summed E-state index contributed by atoms with van der Waals surface area (Å²) in [5, 5.41) is 0. The highest BCUT2D eigenvalue weighted by molar-refractivity contribution is 6.16. The van der Waals surface area contributed by atoms with Gasteiger partial charge in [0.25, 0.3) is 0 Å². The molecule has 0 aliphatic carbocycles. The topological polar surface area (TPSA) is 39.2 Å². The van der Waals surface area contributed by atoms with Crippen LogP contribution in [0.5, 0.6) is 0 Å². The van der Waals surface area contributed by atoms with Crippen molar-refractivity contribution in [1.82, 2.24) is 4.98 Å². The minimum atomic E-state index is 0.289. The van der Waals surface area contributed by atoms with Crippen LogP contribution in [-0.2, 0) is 5.88 Å². The van der Waals surface area contributed by atoms with E-state index >= 15 is 0 Å². The first-order valence-corrected chi connectivity index (χ1v) is 4.39. The first-order valence-electron chi connectivity index (χ1n) is 3.86. The van der Waals surface area contributed by atoms with Crippen LogP contribution in [0.25, 0.3) is 11.3 Å². The molecule has 0 N–H and O–H groups in total. The van der Waals surface area contributed by atoms with Crippen LogP contribution in [0.15, 0.2) is 27.4 Å². The van der Waals surface area contributed by atoms with Crippen LogP contribution in [0, 0.1) is 6.92 Å². The van der Waals surface area contributed by atoms with Crippen molar-refractivity contribution in [2.75, 3.05) is 0 Å². The second-order valence-corrected chi connectivity index (χ2v) is 2.97. The molecule has 0 amide bonds. The fourth-order valence-electron chi connectivity index (χ4n) is 1.08. The summed E-state index contributed by atoms with van der Waals surface area (Å²) in [7, 11) is 0. The third-order valence-electron chi connectivity index (χ3n) is 1.68. The molecule has 13 heavy (non-hydrogen) atoms. The van der Waals surface area contributed by atoms with E-state index in [4.69, 9.17) is 20.4 Å². The molecule has 0 aliphatic rings. The Labute approximate surface area is 80.3 Å². The number of aromatic nitrogens is 1. The van der Waals surface area contributed by atoms with E-state index in [9.17, 15) is 0 Å². The Morgan fingerprint density at radius 2 is 2.38 bits per heavy atom. The highest BCUT2D eigenvalue weighted by Gasteiger charge is 2.07. The predicted molar refractivity (Wildman–Crippen MR) is 48.5 cm³/mol. The third kappa shape index (κ3) is 1.60. The van der Waals surface area contributed by atoms with Gasteiger partial charge in [0.05, 0.1) is 17.6 Å². The maximum Gasteiger partial charge on any atom is 0.209 e. The molecule has 2 rings (SSSR count). The number of alkyl halides is 1. The molecule has 0 unspecified atom stereocenters. The first-order chi connectivity index (χ1) is 6.29. The van der Waals surface area contributed by atoms with Crippen molar-refractivity contribution in [3.63, 3.8) is 0 Å². The van der Waals surface area contributed by atoms with Gasteiger partial charge < -0.3 is 8.83 Å². The summed E-state index contributed by atoms with van der Waals surface area (Å²) in [4.78, 5) is 3.98. The lowest BCUT2D eigenvalue weighted by Crippen LogP contribution is -1.70. The lowest BCUT2D eigenvalue weighted by atomic mass is 10.3. The van der Waals surface area contributed by atoms with E-state index in [0.717, 1.165) is 11.3 Å². The zero-order valence-corrected chi connectivity index (χ0v) is 7.84. The Balaban J connectivity index is 2.35. The maximum atomic E-state index is 5.55. The monoisotopic (exact) mass is 197 g/mol. The van der Waals surface area contributed by atoms with Crippen LogP contribution < -0.4 is 0 Å². The highest BCUT2D eigenvalue weighted by atomic mass is 35.5. The molecule has 0 saturated carbocycles. The van der Waals surface area contributed by atoms with E-state index in [1.54, 1.807) is 12.5 Å². The Kier molecular flexibility index (Phi) is 2.10. The van der Waals surface area contributed by atoms with Crippen LogP contribution in [0.4, 0.5) is 0 Å². The molecule has 0 bridgehead atoms. The predicted octanol–water partition coefficient (Wildman–Crippen LogP) is 2.98. The molecule has 0 saturated heterocycles. The maximum absolute atomic E-state index is 5.55. The van der Waals surface area contributed by atoms with Gasteiger partial charge in [-0.3, -0.25) is 0 Å². The van der Waals surface area contributed by atoms with Crippen LogP contribution >= 0.6 is 11.6 Å². The van der Waals surface area contributed by atoms with Gasteiger partial charge in [0.15, 0.2) is 5.76 Å². The van der Waals surface area contributed by atoms with E-state index in [0.29, 0.717) is 11.7 Å². The molecular formula is C9H8ClNO2. The number of oxazole rings is 1. The lowest BCUT2D eigenvalue weighted by Gasteiger charge is -1.86. The standard InChI is InChI=1S/C9H8ClNO2/c1-6-2-7(5-12-6)8-4-11-9(3-10)13-8/h2,4-5H,3H2,1H3. The van der Waals surface area contributed by atoms with Gasteiger partial charge in [-0.1, -0.05) is 0 Å². The number of nitrogens with zero attached hydrogens (tertiary/aromatic N) is 1. The second kappa shape index (κ2) is 3.26. The molecular weight excluding hydrogens is 190 g/mol. The molecule has 0 fully saturated rings. The average molecular weight is 198 g/mol. The number of rotatable bonds is 2. The molecule has 0 spiro atoms. The van der Waals surface area contributed by atoms with Crippen molar-refractivity contribution < 1.29 is 8.83 Å². The number of hydrogen-bond donors (Lipinski definition) is 0. The summed E-state index contributed by atoms with van der Waals surface area (Å²) in [6, 6.07) is 1.89. The zero-order valence-electron chi connectivity index (χ0n) is 7.08. The molecule has 0 aromatic carbocycles. The summed E-state index contributed by atoms with van der Waals surface area (Å²) in [5.41, 5.74) is 0.890. The Morgan fingerprint density at radius 3 is 2.92 bits per heavy atom. The van der Waals surface area contributed by atoms with E-state index in [2.05, 4.69) is 4.98 Å². The van der Waals surface area contributed by atoms with Gasteiger partial charge in [-0.2, -0.15) is 0 Å². The zero-order chi connectivity index (χ0) is 9.26. The fraction of sp³-hybridized carbons (Fsp3) is 0.222. The second-order valence-electron chi connectivity index (χ2n) is 2.70. The summed E-state index contributed by atoms with van der Waals surface area (Å²) >= 11 is 5.55. The van der Waals surface area contributed by atoms with Crippen molar-refractivity contribution in [3.05, 3.63) is 30.2 Å². The third-order valence-corrected chi connectivity index (χ3v) is 1.91. The minimum Gasteiger partial charge on any atom is -0.469 e. The van der Waals surface area contributed by atoms with Gasteiger partial charge in [-0.25, -0.2) is 4.98 Å². The van der Waals surface area contributed by atoms with E-state index in [1.165, 1.54) is 0 Å². The van der Waals surface area contributed by atoms with Gasteiger partial charge in [-0.05, 0) is 13.0 Å². The summed E-state index contributed by atoms with van der Waals surface area (Å²) in [6.45, 7) is 1.88. The smallest absolute Gasteiger partial charge is 0.209 e. The van der Waals surface area contributed by atoms with Crippen molar-refractivity contribution in [2.45, 2.75) is 12.8 Å². The fourth-order valence-corrected chi connectivity index (χ4v) is 1.20. The molecule has 4 heteroatoms. The Morgan fingerprint density at radius 1 is 1.54 bits per heavy atom. The molecule has 0 aliphatic heterocycles. The number of halogens is 1. The Hall–Kier alpha value is -1.22. The Bertz CT molecular complexity index is 405. The van der Waals surface area contributed by atoms with Crippen molar-refractivity contribution in [1.29, 1.82) is 0 Å². The quantitative estimate of drug-likeness (QED) is 0.695. The van der Waals surface area contributed by atoms with Gasteiger partial charge in [0.1, 0.15) is 12.0 Å². The molecule has 2 aromatic rings. The van der Waals surface area contributed by atoms with Crippen LogP contribution in [0.3, 0.4) is 0 Å². The first kappa shape index (κ1) is 8.38. The van der Waals surface area contributed by atoms with Gasteiger partial charge >= 0.3 is 0 Å². The van der Waals surface area contributed by atoms with Crippen molar-refractivity contribution >= 4 is 11.6 Å². The highest BCUT2D eigenvalue weighted by Crippen LogP contribution is 2.22. The summed E-state index contributed by atoms with van der Waals surface area (Å²) in [6.07, 6.45) is 3.27. The van der Waals surface area contributed by atoms with E-state index in [1.807, 2.05) is 13.0 Å². The molecule has 0 radical (unpaired) electrons. The van der Waals surface area contributed by atoms with Gasteiger partial charge in [-0.15, -0.1) is 11.6 Å². The largest absolute Gasteiger partial charge is 0.469 e. The minimum absolute atomic E-state index is 0.289. The molecule has 68 valence electrons. The van der Waals surface area contributed by atoms with Crippen LogP contribution in [0.2, 0.25) is 0 Å². The van der Waals surface area contributed by atoms with Crippen molar-refractivity contribution in [2.24, 2.45) is 0 Å². The van der Waals surface area contributed by atoms with Crippen LogP contribution in [-0.4, -0.2) is 4.98 Å². The molecule has 3 nitrogen and oxygen atoms in total. The summed E-state index contributed by atoms with van der Waals surface area (Å²) in [5.74, 6) is 2.35. The van der Waals surface area contributed by atoms with Crippen molar-refractivity contribution in [3.8, 4) is 11.3 Å². The molecule has 0 atom stereocenters. The SMILES string of the molecule is Cc1cc(-c2cnc(CCl)o2)co1. The lowest BCUT2D eigenvalue weighted by molar-refractivity contribution is 0.521. The number of aryl methyl sites for hydroxylation is 1. The van der Waals surface area contributed by atoms with E-state index in [-0.39, 0.29) is 5.88 Å².